The highest BCUT2D eigenvalue weighted by Gasteiger charge is 2.15. The Labute approximate surface area is 210 Å². The molecule has 5 rings (SSSR count). The third-order valence-electron chi connectivity index (χ3n) is 5.69. The average Bonchev–Trinajstić information content (AvgIpc) is 3.41. The van der Waals surface area contributed by atoms with Gasteiger partial charge in [0.25, 0.3) is 5.56 Å². The van der Waals surface area contributed by atoms with Crippen LogP contribution in [0.25, 0.3) is 16.9 Å². The van der Waals surface area contributed by atoms with E-state index in [2.05, 4.69) is 20.4 Å². The predicted octanol–water partition coefficient (Wildman–Crippen LogP) is 2.63. The van der Waals surface area contributed by atoms with Crippen LogP contribution in [0.5, 0.6) is 0 Å². The van der Waals surface area contributed by atoms with Crippen LogP contribution in [-0.2, 0) is 6.54 Å². The highest BCUT2D eigenvalue weighted by atomic mass is 16.4. The Bertz CT molecular complexity index is 1670. The monoisotopic (exact) mass is 492 g/mol. The van der Waals surface area contributed by atoms with Crippen molar-refractivity contribution in [1.82, 2.24) is 29.8 Å². The molecule has 0 atom stereocenters. The molecule has 0 aliphatic carbocycles. The maximum absolute atomic E-state index is 12.5. The molecule has 11 heteroatoms. The Kier molecular flexibility index (Phi) is 6.08. The first-order chi connectivity index (χ1) is 17.9. The van der Waals surface area contributed by atoms with Gasteiger partial charge in [-0.15, -0.1) is 5.10 Å². The van der Waals surface area contributed by atoms with Gasteiger partial charge in [-0.1, -0.05) is 11.3 Å². The lowest BCUT2D eigenvalue weighted by atomic mass is 10.0. The summed E-state index contributed by atoms with van der Waals surface area (Å²) in [5.41, 5.74) is 10.0. The molecule has 0 aliphatic rings. The van der Waals surface area contributed by atoms with Crippen LogP contribution in [0.3, 0.4) is 0 Å². The van der Waals surface area contributed by atoms with Crippen LogP contribution in [0, 0.1) is 5.41 Å². The van der Waals surface area contributed by atoms with Crippen LogP contribution in [0.4, 0.5) is 5.69 Å². The standard InChI is InChI=1S/C26H20N8O3/c27-21-6-1-16(14-34-24(35)8-7-22(31-34)17-9-11-29-12-10-17)13-20(21)25(28)23-15-33(32-30-23)19-4-2-18(3-5-19)26(36)37/h1-13,15,28H,14,27H2,(H,36,37). The molecule has 0 bridgehead atoms. The number of aromatic carboxylic acids is 1. The molecule has 182 valence electrons. The number of nitrogens with one attached hydrogen (secondary N) is 1. The lowest BCUT2D eigenvalue weighted by molar-refractivity contribution is 0.0697. The molecule has 11 nitrogen and oxygen atoms in total. The topological polar surface area (TPSA) is 166 Å². The van der Waals surface area contributed by atoms with Gasteiger partial charge < -0.3 is 10.8 Å². The van der Waals surface area contributed by atoms with Gasteiger partial charge in [0.1, 0.15) is 5.69 Å². The number of benzene rings is 2. The van der Waals surface area contributed by atoms with Gasteiger partial charge in [0.15, 0.2) is 0 Å². The fraction of sp³-hybridized carbons (Fsp3) is 0.0385. The number of carboxylic acid groups (broad SMARTS) is 1. The molecule has 0 fully saturated rings. The number of carbonyl (C=O) groups is 1. The fourth-order valence-electron chi connectivity index (χ4n) is 3.73. The second kappa shape index (κ2) is 9.66. The van der Waals surface area contributed by atoms with Gasteiger partial charge in [0.2, 0.25) is 0 Å². The minimum atomic E-state index is -1.02. The number of carboxylic acids is 1. The van der Waals surface area contributed by atoms with E-state index in [1.54, 1.807) is 55.0 Å². The minimum Gasteiger partial charge on any atom is -0.478 e. The van der Waals surface area contributed by atoms with Gasteiger partial charge in [0.05, 0.1) is 35.4 Å². The van der Waals surface area contributed by atoms with Crippen LogP contribution < -0.4 is 11.3 Å². The van der Waals surface area contributed by atoms with Gasteiger partial charge in [-0.05, 0) is 60.2 Å². The Balaban J connectivity index is 1.41. The number of hydrogen-bond donors (Lipinski definition) is 3. The van der Waals surface area contributed by atoms with Crippen molar-refractivity contribution in [3.63, 3.8) is 0 Å². The zero-order valence-corrected chi connectivity index (χ0v) is 19.3. The summed E-state index contributed by atoms with van der Waals surface area (Å²) in [7, 11) is 0. The van der Waals surface area contributed by atoms with Crippen molar-refractivity contribution in [2.75, 3.05) is 5.73 Å². The molecular formula is C26H20N8O3. The van der Waals surface area contributed by atoms with E-state index in [0.717, 1.165) is 11.1 Å². The maximum atomic E-state index is 12.5. The molecule has 0 spiro atoms. The van der Waals surface area contributed by atoms with E-state index < -0.39 is 5.97 Å². The smallest absolute Gasteiger partial charge is 0.335 e. The summed E-state index contributed by atoms with van der Waals surface area (Å²) in [5.74, 6) is -1.02. The van der Waals surface area contributed by atoms with E-state index in [0.29, 0.717) is 22.6 Å². The lowest BCUT2D eigenvalue weighted by Gasteiger charge is -2.11. The van der Waals surface area contributed by atoms with Crippen LogP contribution in [0.15, 0.2) is 90.1 Å². The van der Waals surface area contributed by atoms with Crippen LogP contribution in [-0.4, -0.2) is 46.5 Å². The van der Waals surface area contributed by atoms with Crippen LogP contribution >= 0.6 is 0 Å². The summed E-state index contributed by atoms with van der Waals surface area (Å²) < 4.78 is 2.80. The fourth-order valence-corrected chi connectivity index (χ4v) is 3.73. The van der Waals surface area contributed by atoms with Crippen molar-refractivity contribution in [2.24, 2.45) is 0 Å². The molecule has 2 aromatic carbocycles. The van der Waals surface area contributed by atoms with E-state index in [9.17, 15) is 9.59 Å². The number of anilines is 1. The van der Waals surface area contributed by atoms with Gasteiger partial charge >= 0.3 is 5.97 Å². The second-order valence-electron chi connectivity index (χ2n) is 8.15. The third kappa shape index (κ3) is 4.86. The molecule has 3 aromatic heterocycles. The Hall–Kier alpha value is -5.45. The van der Waals surface area contributed by atoms with Gasteiger partial charge in [0, 0.05) is 35.3 Å². The number of aromatic nitrogens is 6. The molecule has 0 unspecified atom stereocenters. The number of hydrogen-bond acceptors (Lipinski definition) is 8. The van der Waals surface area contributed by atoms with E-state index in [4.69, 9.17) is 16.2 Å². The Morgan fingerprint density at radius 1 is 1.00 bits per heavy atom. The first-order valence-corrected chi connectivity index (χ1v) is 11.1. The summed E-state index contributed by atoms with van der Waals surface area (Å²) in [5, 5.41) is 30.4. The summed E-state index contributed by atoms with van der Waals surface area (Å²) in [6.07, 6.45) is 4.88. The van der Waals surface area contributed by atoms with Gasteiger partial charge in [-0.2, -0.15) is 5.10 Å². The average molecular weight is 492 g/mol. The largest absolute Gasteiger partial charge is 0.478 e. The zero-order chi connectivity index (χ0) is 25.9. The van der Waals surface area contributed by atoms with E-state index >= 15 is 0 Å². The van der Waals surface area contributed by atoms with Crippen LogP contribution in [0.1, 0.15) is 27.2 Å². The lowest BCUT2D eigenvalue weighted by Crippen LogP contribution is -2.23. The summed E-state index contributed by atoms with van der Waals surface area (Å²) in [6.45, 7) is 0.181. The molecule has 3 heterocycles. The Morgan fingerprint density at radius 2 is 1.76 bits per heavy atom. The van der Waals surface area contributed by atoms with Crippen molar-refractivity contribution in [1.29, 1.82) is 5.41 Å². The Morgan fingerprint density at radius 3 is 2.49 bits per heavy atom. The van der Waals surface area contributed by atoms with E-state index in [-0.39, 0.29) is 29.1 Å². The second-order valence-corrected chi connectivity index (χ2v) is 8.15. The van der Waals surface area contributed by atoms with Gasteiger partial charge in [-0.25, -0.2) is 14.2 Å². The molecule has 0 aliphatic heterocycles. The minimum absolute atomic E-state index is 0.0543. The summed E-state index contributed by atoms with van der Waals surface area (Å²) >= 11 is 0. The van der Waals surface area contributed by atoms with Crippen molar-refractivity contribution < 1.29 is 9.90 Å². The quantitative estimate of drug-likeness (QED) is 0.230. The highest BCUT2D eigenvalue weighted by molar-refractivity contribution is 6.12. The van der Waals surface area contributed by atoms with Crippen molar-refractivity contribution in [3.05, 3.63) is 118 Å². The third-order valence-corrected chi connectivity index (χ3v) is 5.69. The number of nitrogens with zero attached hydrogens (tertiary/aromatic N) is 6. The maximum Gasteiger partial charge on any atom is 0.335 e. The molecule has 0 saturated carbocycles. The van der Waals surface area contributed by atoms with Gasteiger partial charge in [-0.3, -0.25) is 15.2 Å². The predicted molar refractivity (Wildman–Crippen MR) is 136 cm³/mol. The SMILES string of the molecule is N=C(c1cn(-c2ccc(C(=O)O)cc2)nn1)c1cc(Cn2nc(-c3ccncc3)ccc2=O)ccc1N. The van der Waals surface area contributed by atoms with Crippen molar-refractivity contribution in [2.45, 2.75) is 6.54 Å². The normalized spacial score (nSPS) is 10.8. The number of nitrogen functional groups attached to an aromatic ring is 1. The van der Waals surface area contributed by atoms with Crippen LogP contribution in [0.2, 0.25) is 0 Å². The zero-order valence-electron chi connectivity index (χ0n) is 19.3. The first-order valence-electron chi connectivity index (χ1n) is 11.1. The van der Waals surface area contributed by atoms with E-state index in [1.165, 1.54) is 27.6 Å². The number of pyridine rings is 1. The number of rotatable bonds is 7. The molecular weight excluding hydrogens is 472 g/mol. The summed E-state index contributed by atoms with van der Waals surface area (Å²) in [6, 6.07) is 18.1. The molecule has 0 saturated heterocycles. The van der Waals surface area contributed by atoms with Crippen molar-refractivity contribution in [3.8, 4) is 16.9 Å². The molecule has 0 radical (unpaired) electrons. The van der Waals surface area contributed by atoms with Crippen molar-refractivity contribution >= 4 is 17.4 Å². The molecule has 4 N–H and O–H groups in total. The molecule has 5 aromatic rings. The number of nitrogens with two attached hydrogens (primary N) is 1. The molecule has 0 amide bonds. The highest BCUT2D eigenvalue weighted by Crippen LogP contribution is 2.20. The summed E-state index contributed by atoms with van der Waals surface area (Å²) in [4.78, 5) is 27.6. The van der Waals surface area contributed by atoms with E-state index in [1.807, 2.05) is 12.1 Å². The first kappa shape index (κ1) is 23.3. The molecule has 37 heavy (non-hydrogen) atoms.